The molecule has 4 heteroatoms. The average Bonchev–Trinajstić information content (AvgIpc) is 2.20. The largest absolute Gasteiger partial charge is 0.227 e. The van der Waals surface area contributed by atoms with Crippen LogP contribution in [0.4, 0.5) is 0 Å². The highest BCUT2D eigenvalue weighted by molar-refractivity contribution is 7.96. The lowest BCUT2D eigenvalue weighted by molar-refractivity contribution is 0.609. The van der Waals surface area contributed by atoms with Gasteiger partial charge in [-0.05, 0) is 6.42 Å². The topological polar surface area (TPSA) is 34.1 Å². The van der Waals surface area contributed by atoms with Crippen LogP contribution in [0.3, 0.4) is 0 Å². The molecule has 0 aliphatic carbocycles. The van der Waals surface area contributed by atoms with Gasteiger partial charge in [0.1, 0.15) is 13.8 Å². The predicted octanol–water partition coefficient (Wildman–Crippen LogP) is 2.82. The first kappa shape index (κ1) is 16.3. The van der Waals surface area contributed by atoms with Crippen molar-refractivity contribution in [2.24, 2.45) is 0 Å². The molecule has 0 aliphatic rings. The van der Waals surface area contributed by atoms with E-state index in [0.29, 0.717) is 0 Å². The Morgan fingerprint density at radius 2 is 1.71 bits per heavy atom. The van der Waals surface area contributed by atoms with E-state index in [9.17, 15) is 8.42 Å². The van der Waals surface area contributed by atoms with Gasteiger partial charge in [0.05, 0.1) is 0 Å². The number of rotatable bonds is 4. The Labute approximate surface area is 107 Å². The fourth-order valence-corrected chi connectivity index (χ4v) is 3.18. The maximum absolute atomic E-state index is 11.5. The van der Waals surface area contributed by atoms with E-state index in [1.807, 2.05) is 19.6 Å². The summed E-state index contributed by atoms with van der Waals surface area (Å²) in [5, 5.41) is 2.38. The highest BCUT2D eigenvalue weighted by Gasteiger charge is 2.10. The number of unbranched alkanes of at least 4 members (excludes halogenated alkanes) is 3. The molecule has 0 fully saturated rings. The van der Waals surface area contributed by atoms with Crippen LogP contribution < -0.4 is 0 Å². The van der Waals surface area contributed by atoms with Crippen molar-refractivity contribution < 1.29 is 8.42 Å². The van der Waals surface area contributed by atoms with Crippen LogP contribution in [0.25, 0.3) is 0 Å². The Morgan fingerprint density at radius 1 is 1.06 bits per heavy atom. The summed E-state index contributed by atoms with van der Waals surface area (Å²) in [6.45, 7) is 8.19. The first-order valence-electron chi connectivity index (χ1n) is 5.99. The smallest absolute Gasteiger partial charge is 0.214 e. The second-order valence-electron chi connectivity index (χ2n) is 5.05. The molecule has 0 bridgehead atoms. The predicted molar refractivity (Wildman–Crippen MR) is 76.8 cm³/mol. The maximum Gasteiger partial charge on any atom is 0.227 e. The van der Waals surface area contributed by atoms with Crippen LogP contribution in [0.15, 0.2) is 0 Å². The van der Waals surface area contributed by atoms with Gasteiger partial charge in [-0.25, -0.2) is 8.42 Å². The zero-order valence-electron chi connectivity index (χ0n) is 11.3. The summed E-state index contributed by atoms with van der Waals surface area (Å²) in [7, 11) is -4.93. The van der Waals surface area contributed by atoms with Gasteiger partial charge in [-0.1, -0.05) is 45.3 Å². The molecular weight excluding hydrogens is 248 g/mol. The fraction of sp³-hybridized carbons (Fsp3) is 0.692. The molecule has 17 heavy (non-hydrogen) atoms. The summed E-state index contributed by atoms with van der Waals surface area (Å²) in [5.74, 6) is 5.46. The first-order valence-corrected chi connectivity index (χ1v) is 11.1. The molecule has 0 aromatic carbocycles. The van der Waals surface area contributed by atoms with Gasteiger partial charge < -0.3 is 0 Å². The summed E-state index contributed by atoms with van der Waals surface area (Å²) in [6, 6.07) is 0. The van der Waals surface area contributed by atoms with Crippen LogP contribution in [0.2, 0.25) is 19.6 Å². The molecule has 0 radical (unpaired) electrons. The van der Waals surface area contributed by atoms with Crippen LogP contribution in [0, 0.1) is 22.6 Å². The third kappa shape index (κ3) is 11.5. The second-order valence-corrected chi connectivity index (χ2v) is 11.5. The molecule has 0 heterocycles. The molecule has 2 nitrogen and oxygen atoms in total. The summed E-state index contributed by atoms with van der Waals surface area (Å²) >= 11 is 0. The molecule has 0 unspecified atom stereocenters. The quantitative estimate of drug-likeness (QED) is 0.447. The van der Waals surface area contributed by atoms with E-state index in [1.54, 1.807) is 0 Å². The Balaban J connectivity index is 4.23. The third-order valence-electron chi connectivity index (χ3n) is 1.87. The summed E-state index contributed by atoms with van der Waals surface area (Å²) < 4.78 is 23.0. The molecule has 0 rings (SSSR count). The average molecular weight is 270 g/mol. The Bertz CT molecular complexity index is 436. The fourth-order valence-electron chi connectivity index (χ4n) is 0.965. The van der Waals surface area contributed by atoms with Gasteiger partial charge >= 0.3 is 0 Å². The van der Waals surface area contributed by atoms with Crippen LogP contribution in [0.1, 0.15) is 32.6 Å². The van der Waals surface area contributed by atoms with Gasteiger partial charge in [-0.3, -0.25) is 0 Å². The monoisotopic (exact) mass is 270 g/mol. The molecule has 0 spiro atoms. The molecule has 0 aliphatic heterocycles. The highest BCUT2D eigenvalue weighted by atomic mass is 32.2. The van der Waals surface area contributed by atoms with E-state index in [0.717, 1.165) is 25.7 Å². The minimum atomic E-state index is -3.31. The van der Waals surface area contributed by atoms with E-state index >= 15 is 0 Å². The zero-order valence-corrected chi connectivity index (χ0v) is 13.1. The van der Waals surface area contributed by atoms with Crippen molar-refractivity contribution >= 4 is 17.9 Å². The van der Waals surface area contributed by atoms with Crippen LogP contribution in [-0.4, -0.2) is 22.2 Å². The molecule has 0 amide bonds. The third-order valence-corrected chi connectivity index (χ3v) is 3.87. The van der Waals surface area contributed by atoms with E-state index in [1.165, 1.54) is 0 Å². The van der Waals surface area contributed by atoms with Crippen molar-refractivity contribution in [3.63, 3.8) is 0 Å². The van der Waals surface area contributed by atoms with Gasteiger partial charge in [-0.2, -0.15) is 0 Å². The first-order chi connectivity index (χ1) is 7.77. The minimum absolute atomic E-state index is 0.128. The van der Waals surface area contributed by atoms with Crippen molar-refractivity contribution in [2.45, 2.75) is 52.2 Å². The SMILES string of the molecule is CCCCCC#CCS(=O)(=O)C#C[Si](C)(C)C. The molecule has 0 aromatic rings. The van der Waals surface area contributed by atoms with E-state index in [2.05, 4.69) is 29.6 Å². The second kappa shape index (κ2) is 7.58. The van der Waals surface area contributed by atoms with Crippen LogP contribution >= 0.6 is 0 Å². The van der Waals surface area contributed by atoms with Gasteiger partial charge in [-0.15, -0.1) is 11.5 Å². The molecule has 0 atom stereocenters. The Kier molecular flexibility index (Phi) is 7.26. The van der Waals surface area contributed by atoms with Gasteiger partial charge in [0, 0.05) is 11.7 Å². The lowest BCUT2D eigenvalue weighted by Gasteiger charge is -2.02. The normalized spacial score (nSPS) is 11.1. The van der Waals surface area contributed by atoms with Gasteiger partial charge in [0.2, 0.25) is 9.84 Å². The van der Waals surface area contributed by atoms with E-state index < -0.39 is 17.9 Å². The molecular formula is C13H22O2SSi. The minimum Gasteiger partial charge on any atom is -0.214 e. The Hall–Kier alpha value is -0.713. The number of hydrogen-bond donors (Lipinski definition) is 0. The summed E-state index contributed by atoms with van der Waals surface area (Å²) in [6.07, 6.45) is 4.13. The van der Waals surface area contributed by atoms with Gasteiger partial charge in [0.25, 0.3) is 0 Å². The number of sulfone groups is 1. The van der Waals surface area contributed by atoms with Crippen molar-refractivity contribution in [1.29, 1.82) is 0 Å². The van der Waals surface area contributed by atoms with Crippen molar-refractivity contribution in [3.05, 3.63) is 0 Å². The van der Waals surface area contributed by atoms with Crippen molar-refractivity contribution in [1.82, 2.24) is 0 Å². The standard InChI is InChI=1S/C13H22O2SSi/c1-5-6-7-8-9-10-11-16(14,15)12-13-17(2,3)4/h5-8,11H2,1-4H3. The zero-order chi connectivity index (χ0) is 13.4. The van der Waals surface area contributed by atoms with Crippen molar-refractivity contribution in [3.8, 4) is 22.6 Å². The molecule has 0 saturated carbocycles. The molecule has 96 valence electrons. The van der Waals surface area contributed by atoms with Crippen molar-refractivity contribution in [2.75, 3.05) is 5.75 Å². The highest BCUT2D eigenvalue weighted by Crippen LogP contribution is 1.98. The Morgan fingerprint density at radius 3 is 2.24 bits per heavy atom. The summed E-state index contributed by atoms with van der Waals surface area (Å²) in [5.41, 5.74) is 2.86. The van der Waals surface area contributed by atoms with Crippen LogP contribution in [0.5, 0.6) is 0 Å². The van der Waals surface area contributed by atoms with E-state index in [-0.39, 0.29) is 5.75 Å². The number of hydrogen-bond acceptors (Lipinski definition) is 2. The molecule has 0 N–H and O–H groups in total. The van der Waals surface area contributed by atoms with Gasteiger partial charge in [0.15, 0.2) is 0 Å². The van der Waals surface area contributed by atoms with Crippen LogP contribution in [-0.2, 0) is 9.84 Å². The van der Waals surface area contributed by atoms with E-state index in [4.69, 9.17) is 0 Å². The maximum atomic E-state index is 11.5. The lowest BCUT2D eigenvalue weighted by atomic mass is 10.2. The molecule has 0 aromatic heterocycles. The lowest BCUT2D eigenvalue weighted by Crippen LogP contribution is -2.17. The molecule has 0 saturated heterocycles. The summed E-state index contributed by atoms with van der Waals surface area (Å²) in [4.78, 5) is 0.